The molecule has 5 nitrogen and oxygen atoms in total. The van der Waals surface area contributed by atoms with Crippen molar-refractivity contribution in [1.29, 1.82) is 0 Å². The molecule has 1 amide bonds. The SMILES string of the molecule is CCc1ccc(CN(C(=O)c2cccc(C(=O)O)n2)C2CC2)cc1. The molecule has 0 spiro atoms. The van der Waals surface area contributed by atoms with E-state index in [1.54, 1.807) is 17.0 Å². The standard InChI is InChI=1S/C19H20N2O3/c1-2-13-6-8-14(9-7-13)12-21(15-10-11-15)18(22)16-4-3-5-17(20-16)19(23)24/h3-9,15H,2,10-12H2,1H3,(H,23,24). The Balaban J connectivity index is 1.81. The van der Waals surface area contributed by atoms with Crippen LogP contribution >= 0.6 is 0 Å². The third-order valence-corrected chi connectivity index (χ3v) is 4.22. The molecule has 1 fully saturated rings. The fourth-order valence-corrected chi connectivity index (χ4v) is 2.65. The van der Waals surface area contributed by atoms with Gasteiger partial charge in [-0.2, -0.15) is 0 Å². The normalized spacial score (nSPS) is 13.5. The molecular formula is C19H20N2O3. The minimum atomic E-state index is -1.13. The minimum Gasteiger partial charge on any atom is -0.477 e. The predicted molar refractivity (Wildman–Crippen MR) is 89.9 cm³/mol. The summed E-state index contributed by atoms with van der Waals surface area (Å²) in [5.41, 5.74) is 2.41. The van der Waals surface area contributed by atoms with Crippen LogP contribution in [0.5, 0.6) is 0 Å². The Morgan fingerprint density at radius 3 is 2.29 bits per heavy atom. The second-order valence-electron chi connectivity index (χ2n) is 6.05. The van der Waals surface area contributed by atoms with Crippen LogP contribution in [0, 0.1) is 0 Å². The monoisotopic (exact) mass is 324 g/mol. The van der Waals surface area contributed by atoms with Gasteiger partial charge in [0.2, 0.25) is 0 Å². The van der Waals surface area contributed by atoms with E-state index in [1.165, 1.54) is 11.6 Å². The van der Waals surface area contributed by atoms with Crippen LogP contribution in [0.15, 0.2) is 42.5 Å². The number of carboxylic acids is 1. The molecule has 1 aromatic carbocycles. The molecule has 0 aliphatic heterocycles. The van der Waals surface area contributed by atoms with Crippen LogP contribution in [0.3, 0.4) is 0 Å². The number of pyridine rings is 1. The van der Waals surface area contributed by atoms with Crippen molar-refractivity contribution in [2.75, 3.05) is 0 Å². The van der Waals surface area contributed by atoms with Gasteiger partial charge in [-0.1, -0.05) is 37.3 Å². The summed E-state index contributed by atoms with van der Waals surface area (Å²) in [5, 5.41) is 9.05. The van der Waals surface area contributed by atoms with Crippen molar-refractivity contribution in [1.82, 2.24) is 9.88 Å². The van der Waals surface area contributed by atoms with Crippen molar-refractivity contribution in [2.45, 2.75) is 38.8 Å². The summed E-state index contributed by atoms with van der Waals surface area (Å²) in [5.74, 6) is -1.34. The average molecular weight is 324 g/mol. The van der Waals surface area contributed by atoms with E-state index >= 15 is 0 Å². The number of nitrogens with zero attached hydrogens (tertiary/aromatic N) is 2. The highest BCUT2D eigenvalue weighted by molar-refractivity contribution is 5.94. The van der Waals surface area contributed by atoms with Crippen LogP contribution in [0.2, 0.25) is 0 Å². The fourth-order valence-electron chi connectivity index (χ4n) is 2.65. The smallest absolute Gasteiger partial charge is 0.354 e. The number of hydrogen-bond acceptors (Lipinski definition) is 3. The Labute approximate surface area is 140 Å². The Kier molecular flexibility index (Phi) is 4.60. The first-order chi connectivity index (χ1) is 11.6. The van der Waals surface area contributed by atoms with Crippen LogP contribution < -0.4 is 0 Å². The highest BCUT2D eigenvalue weighted by Crippen LogP contribution is 2.29. The number of aromatic carboxylic acids is 1. The van der Waals surface area contributed by atoms with Gasteiger partial charge >= 0.3 is 5.97 Å². The molecule has 0 unspecified atom stereocenters. The zero-order valence-electron chi connectivity index (χ0n) is 13.6. The third-order valence-electron chi connectivity index (χ3n) is 4.22. The molecule has 5 heteroatoms. The number of hydrogen-bond donors (Lipinski definition) is 1. The highest BCUT2D eigenvalue weighted by atomic mass is 16.4. The molecule has 1 saturated carbocycles. The number of benzene rings is 1. The fraction of sp³-hybridized carbons (Fsp3) is 0.316. The molecule has 1 aromatic heterocycles. The summed E-state index contributed by atoms with van der Waals surface area (Å²) in [6, 6.07) is 13.0. The first-order valence-electron chi connectivity index (χ1n) is 8.17. The lowest BCUT2D eigenvalue weighted by Gasteiger charge is -2.22. The maximum absolute atomic E-state index is 12.8. The maximum Gasteiger partial charge on any atom is 0.354 e. The molecule has 2 aromatic rings. The number of amides is 1. The van der Waals surface area contributed by atoms with Gasteiger partial charge in [0.15, 0.2) is 0 Å². The Morgan fingerprint density at radius 1 is 1.08 bits per heavy atom. The first kappa shape index (κ1) is 16.2. The first-order valence-corrected chi connectivity index (χ1v) is 8.17. The third kappa shape index (κ3) is 3.62. The Morgan fingerprint density at radius 2 is 1.71 bits per heavy atom. The molecule has 0 saturated heterocycles. The largest absolute Gasteiger partial charge is 0.477 e. The van der Waals surface area contributed by atoms with Crippen molar-refractivity contribution in [2.24, 2.45) is 0 Å². The molecule has 0 bridgehead atoms. The zero-order valence-corrected chi connectivity index (χ0v) is 13.6. The lowest BCUT2D eigenvalue weighted by molar-refractivity contribution is 0.0689. The van der Waals surface area contributed by atoms with Gasteiger partial charge in [-0.25, -0.2) is 9.78 Å². The van der Waals surface area contributed by atoms with Gasteiger partial charge in [0.1, 0.15) is 11.4 Å². The average Bonchev–Trinajstić information content (AvgIpc) is 3.44. The van der Waals surface area contributed by atoms with Gasteiger partial charge in [0, 0.05) is 12.6 Å². The van der Waals surface area contributed by atoms with Gasteiger partial charge in [-0.15, -0.1) is 0 Å². The van der Waals surface area contributed by atoms with E-state index in [0.717, 1.165) is 24.8 Å². The summed E-state index contributed by atoms with van der Waals surface area (Å²) in [4.78, 5) is 29.6. The highest BCUT2D eigenvalue weighted by Gasteiger charge is 2.33. The topological polar surface area (TPSA) is 70.5 Å². The van der Waals surface area contributed by atoms with E-state index in [2.05, 4.69) is 24.0 Å². The number of aryl methyl sites for hydroxylation is 1. The van der Waals surface area contributed by atoms with Gasteiger partial charge in [0.05, 0.1) is 0 Å². The van der Waals surface area contributed by atoms with Crippen molar-refractivity contribution in [3.63, 3.8) is 0 Å². The predicted octanol–water partition coefficient (Wildman–Crippen LogP) is 3.15. The minimum absolute atomic E-state index is 0.108. The summed E-state index contributed by atoms with van der Waals surface area (Å²) in [6.07, 6.45) is 2.95. The van der Waals surface area contributed by atoms with E-state index in [4.69, 9.17) is 5.11 Å². The molecule has 1 heterocycles. The number of carboxylic acid groups (broad SMARTS) is 1. The zero-order chi connectivity index (χ0) is 17.1. The summed E-state index contributed by atoms with van der Waals surface area (Å²) in [7, 11) is 0. The van der Waals surface area contributed by atoms with Crippen molar-refractivity contribution < 1.29 is 14.7 Å². The molecule has 1 aliphatic carbocycles. The van der Waals surface area contributed by atoms with Crippen LogP contribution in [-0.4, -0.2) is 32.9 Å². The van der Waals surface area contributed by atoms with Gasteiger partial charge in [0.25, 0.3) is 5.91 Å². The van der Waals surface area contributed by atoms with Crippen LogP contribution in [-0.2, 0) is 13.0 Å². The van der Waals surface area contributed by atoms with E-state index in [1.807, 2.05) is 12.1 Å². The van der Waals surface area contributed by atoms with Crippen LogP contribution in [0.25, 0.3) is 0 Å². The molecule has 1 N–H and O–H groups in total. The summed E-state index contributed by atoms with van der Waals surface area (Å²) in [6.45, 7) is 2.63. The second-order valence-corrected chi connectivity index (χ2v) is 6.05. The number of rotatable bonds is 6. The number of aromatic nitrogens is 1. The van der Waals surface area contributed by atoms with Crippen LogP contribution in [0.4, 0.5) is 0 Å². The molecule has 0 atom stereocenters. The molecular weight excluding hydrogens is 304 g/mol. The van der Waals surface area contributed by atoms with E-state index in [9.17, 15) is 9.59 Å². The van der Waals surface area contributed by atoms with E-state index in [0.29, 0.717) is 6.54 Å². The number of carbonyl (C=O) groups excluding carboxylic acids is 1. The Hall–Kier alpha value is -2.69. The number of carbonyl (C=O) groups is 2. The molecule has 24 heavy (non-hydrogen) atoms. The molecule has 124 valence electrons. The molecule has 0 radical (unpaired) electrons. The lowest BCUT2D eigenvalue weighted by atomic mass is 10.1. The molecule has 1 aliphatic rings. The lowest BCUT2D eigenvalue weighted by Crippen LogP contribution is -2.33. The Bertz CT molecular complexity index is 751. The van der Waals surface area contributed by atoms with E-state index in [-0.39, 0.29) is 23.3 Å². The van der Waals surface area contributed by atoms with Gasteiger partial charge < -0.3 is 10.0 Å². The van der Waals surface area contributed by atoms with Crippen molar-refractivity contribution in [3.8, 4) is 0 Å². The van der Waals surface area contributed by atoms with Crippen molar-refractivity contribution in [3.05, 3.63) is 65.0 Å². The van der Waals surface area contributed by atoms with Gasteiger partial charge in [-0.05, 0) is 42.5 Å². The van der Waals surface area contributed by atoms with Gasteiger partial charge in [-0.3, -0.25) is 4.79 Å². The maximum atomic E-state index is 12.8. The van der Waals surface area contributed by atoms with Crippen molar-refractivity contribution >= 4 is 11.9 Å². The quantitative estimate of drug-likeness (QED) is 0.886. The summed E-state index contributed by atoms with van der Waals surface area (Å²) < 4.78 is 0. The molecule has 3 rings (SSSR count). The van der Waals surface area contributed by atoms with E-state index < -0.39 is 5.97 Å². The van der Waals surface area contributed by atoms with Crippen LogP contribution in [0.1, 0.15) is 51.9 Å². The second kappa shape index (κ2) is 6.83. The summed E-state index contributed by atoms with van der Waals surface area (Å²) >= 11 is 0.